The van der Waals surface area contributed by atoms with E-state index in [4.69, 9.17) is 5.73 Å². The lowest BCUT2D eigenvalue weighted by atomic mass is 9.90. The second-order valence-electron chi connectivity index (χ2n) is 5.57. The van der Waals surface area contributed by atoms with Crippen molar-refractivity contribution in [1.29, 1.82) is 0 Å². The van der Waals surface area contributed by atoms with Crippen LogP contribution in [0.1, 0.15) is 25.3 Å². The van der Waals surface area contributed by atoms with Crippen LogP contribution in [0.4, 0.5) is 0 Å². The lowest BCUT2D eigenvalue weighted by Crippen LogP contribution is -2.46. The maximum Gasteiger partial charge on any atom is 0.137 e. The van der Waals surface area contributed by atoms with Crippen LogP contribution in [0.2, 0.25) is 0 Å². The Balaban J connectivity index is 1.74. The number of piperidine rings is 1. The van der Waals surface area contributed by atoms with Crippen molar-refractivity contribution in [3.05, 3.63) is 30.1 Å². The third-order valence-electron chi connectivity index (χ3n) is 4.33. The van der Waals surface area contributed by atoms with E-state index in [1.807, 2.05) is 12.3 Å². The molecule has 0 bridgehead atoms. The Morgan fingerprint density at radius 1 is 1.53 bits per heavy atom. The highest BCUT2D eigenvalue weighted by Gasteiger charge is 2.25. The first kappa shape index (κ1) is 12.6. The summed E-state index contributed by atoms with van der Waals surface area (Å²) in [5.41, 5.74) is 8.50. The summed E-state index contributed by atoms with van der Waals surface area (Å²) in [5, 5.41) is 1.24. The van der Waals surface area contributed by atoms with E-state index in [0.717, 1.165) is 31.7 Å². The highest BCUT2D eigenvalue weighted by Crippen LogP contribution is 2.23. The molecule has 1 saturated heterocycles. The van der Waals surface area contributed by atoms with Gasteiger partial charge >= 0.3 is 0 Å². The van der Waals surface area contributed by atoms with Gasteiger partial charge in [0.05, 0.1) is 0 Å². The maximum absolute atomic E-state index is 6.17. The number of aromatic nitrogens is 2. The zero-order chi connectivity index (χ0) is 13.2. The quantitative estimate of drug-likeness (QED) is 0.886. The number of H-pyrrole nitrogens is 1. The van der Waals surface area contributed by atoms with Gasteiger partial charge in [-0.1, -0.05) is 13.3 Å². The fourth-order valence-corrected chi connectivity index (χ4v) is 3.09. The SMILES string of the molecule is CCC1CN(Cc2c[nH]c3ncccc23)CCC1N. The van der Waals surface area contributed by atoms with Gasteiger partial charge in [-0.3, -0.25) is 4.90 Å². The highest BCUT2D eigenvalue weighted by molar-refractivity contribution is 5.79. The lowest BCUT2D eigenvalue weighted by molar-refractivity contribution is 0.146. The molecule has 1 aliphatic heterocycles. The minimum atomic E-state index is 0.380. The molecule has 0 aromatic carbocycles. The molecule has 19 heavy (non-hydrogen) atoms. The molecule has 4 nitrogen and oxygen atoms in total. The third-order valence-corrected chi connectivity index (χ3v) is 4.33. The maximum atomic E-state index is 6.17. The van der Waals surface area contributed by atoms with E-state index in [2.05, 4.69) is 34.1 Å². The molecule has 3 rings (SSSR count). The highest BCUT2D eigenvalue weighted by atomic mass is 15.1. The van der Waals surface area contributed by atoms with Crippen LogP contribution < -0.4 is 5.73 Å². The van der Waals surface area contributed by atoms with Gasteiger partial charge in [0, 0.05) is 36.9 Å². The van der Waals surface area contributed by atoms with Gasteiger partial charge < -0.3 is 10.7 Å². The molecule has 4 heteroatoms. The van der Waals surface area contributed by atoms with E-state index >= 15 is 0 Å². The molecule has 0 amide bonds. The number of nitrogens with zero attached hydrogens (tertiary/aromatic N) is 2. The third kappa shape index (κ3) is 2.51. The smallest absolute Gasteiger partial charge is 0.137 e. The number of nitrogens with one attached hydrogen (secondary N) is 1. The van der Waals surface area contributed by atoms with Crippen molar-refractivity contribution >= 4 is 11.0 Å². The molecule has 1 fully saturated rings. The monoisotopic (exact) mass is 258 g/mol. The average molecular weight is 258 g/mol. The predicted molar refractivity (Wildman–Crippen MR) is 77.7 cm³/mol. The number of likely N-dealkylation sites (tertiary alicyclic amines) is 1. The molecule has 2 aromatic heterocycles. The average Bonchev–Trinajstić information content (AvgIpc) is 2.84. The fraction of sp³-hybridized carbons (Fsp3) is 0.533. The Bertz CT molecular complexity index is 548. The second-order valence-corrected chi connectivity index (χ2v) is 5.57. The van der Waals surface area contributed by atoms with Crippen molar-refractivity contribution in [1.82, 2.24) is 14.9 Å². The van der Waals surface area contributed by atoms with Gasteiger partial charge in [0.15, 0.2) is 0 Å². The Hall–Kier alpha value is -1.39. The van der Waals surface area contributed by atoms with Gasteiger partial charge in [-0.25, -0.2) is 4.98 Å². The summed E-state index contributed by atoms with van der Waals surface area (Å²) < 4.78 is 0. The molecule has 0 radical (unpaired) electrons. The summed E-state index contributed by atoms with van der Waals surface area (Å²) in [5.74, 6) is 0.636. The number of fused-ring (bicyclic) bond motifs is 1. The number of rotatable bonds is 3. The van der Waals surface area contributed by atoms with Crippen LogP contribution in [0.25, 0.3) is 11.0 Å². The first-order chi connectivity index (χ1) is 9.28. The van der Waals surface area contributed by atoms with Gasteiger partial charge in [0.2, 0.25) is 0 Å². The Labute approximate surface area is 114 Å². The predicted octanol–water partition coefficient (Wildman–Crippen LogP) is 2.12. The Morgan fingerprint density at radius 2 is 2.42 bits per heavy atom. The minimum absolute atomic E-state index is 0.380. The van der Waals surface area contributed by atoms with Gasteiger partial charge in [-0.15, -0.1) is 0 Å². The summed E-state index contributed by atoms with van der Waals surface area (Å²) in [6.45, 7) is 5.45. The summed E-state index contributed by atoms with van der Waals surface area (Å²) in [6, 6.07) is 4.52. The van der Waals surface area contributed by atoms with Crippen LogP contribution in [0.15, 0.2) is 24.5 Å². The molecule has 0 aliphatic carbocycles. The zero-order valence-corrected chi connectivity index (χ0v) is 11.5. The van der Waals surface area contributed by atoms with E-state index in [-0.39, 0.29) is 0 Å². The first-order valence-corrected chi connectivity index (χ1v) is 7.17. The largest absolute Gasteiger partial charge is 0.346 e. The van der Waals surface area contributed by atoms with Gasteiger partial charge in [0.25, 0.3) is 0 Å². The fourth-order valence-electron chi connectivity index (χ4n) is 3.09. The molecule has 2 atom stereocenters. The normalized spacial score (nSPS) is 24.9. The summed E-state index contributed by atoms with van der Waals surface area (Å²) in [4.78, 5) is 10.1. The van der Waals surface area contributed by atoms with Crippen molar-refractivity contribution < 1.29 is 0 Å². The summed E-state index contributed by atoms with van der Waals surface area (Å²) in [6.07, 6.45) is 6.20. The zero-order valence-electron chi connectivity index (χ0n) is 11.5. The number of nitrogens with two attached hydrogens (primary N) is 1. The van der Waals surface area contributed by atoms with Crippen LogP contribution in [0.3, 0.4) is 0 Å². The molecule has 2 unspecified atom stereocenters. The van der Waals surface area contributed by atoms with E-state index in [9.17, 15) is 0 Å². The molecule has 1 aliphatic rings. The number of hydrogen-bond acceptors (Lipinski definition) is 3. The van der Waals surface area contributed by atoms with E-state index < -0.39 is 0 Å². The van der Waals surface area contributed by atoms with E-state index in [1.165, 1.54) is 17.4 Å². The molecule has 3 N–H and O–H groups in total. The second kappa shape index (κ2) is 5.31. The minimum Gasteiger partial charge on any atom is -0.346 e. The number of hydrogen-bond donors (Lipinski definition) is 2. The van der Waals surface area contributed by atoms with E-state index in [1.54, 1.807) is 0 Å². The van der Waals surface area contributed by atoms with Crippen LogP contribution in [-0.4, -0.2) is 34.0 Å². The van der Waals surface area contributed by atoms with E-state index in [0.29, 0.717) is 12.0 Å². The van der Waals surface area contributed by atoms with Crippen molar-refractivity contribution in [2.45, 2.75) is 32.4 Å². The molecule has 2 aromatic rings. The molecule has 0 spiro atoms. The Morgan fingerprint density at radius 3 is 3.26 bits per heavy atom. The van der Waals surface area contributed by atoms with Crippen LogP contribution in [0, 0.1) is 5.92 Å². The topological polar surface area (TPSA) is 57.9 Å². The van der Waals surface area contributed by atoms with Crippen molar-refractivity contribution in [2.75, 3.05) is 13.1 Å². The van der Waals surface area contributed by atoms with Gasteiger partial charge in [-0.05, 0) is 36.6 Å². The molecular weight excluding hydrogens is 236 g/mol. The van der Waals surface area contributed by atoms with Crippen LogP contribution >= 0.6 is 0 Å². The lowest BCUT2D eigenvalue weighted by Gasteiger charge is -2.36. The van der Waals surface area contributed by atoms with Crippen molar-refractivity contribution in [2.24, 2.45) is 11.7 Å². The summed E-state index contributed by atoms with van der Waals surface area (Å²) >= 11 is 0. The number of aromatic amines is 1. The first-order valence-electron chi connectivity index (χ1n) is 7.17. The standard InChI is InChI=1S/C15H22N4/c1-2-11-9-19(7-5-14(11)16)10-12-8-18-15-13(12)4-3-6-17-15/h3-4,6,8,11,14H,2,5,7,9-10,16H2,1H3,(H,17,18). The molecule has 102 valence electrons. The van der Waals surface area contributed by atoms with Crippen LogP contribution in [-0.2, 0) is 6.54 Å². The van der Waals surface area contributed by atoms with Crippen molar-refractivity contribution in [3.63, 3.8) is 0 Å². The van der Waals surface area contributed by atoms with Crippen molar-refractivity contribution in [3.8, 4) is 0 Å². The molecule has 0 saturated carbocycles. The molecular formula is C15H22N4. The molecule has 3 heterocycles. The Kier molecular flexibility index (Phi) is 3.53. The summed E-state index contributed by atoms with van der Waals surface area (Å²) in [7, 11) is 0. The van der Waals surface area contributed by atoms with Gasteiger partial charge in [-0.2, -0.15) is 0 Å². The van der Waals surface area contributed by atoms with Crippen LogP contribution in [0.5, 0.6) is 0 Å². The number of pyridine rings is 1. The van der Waals surface area contributed by atoms with Gasteiger partial charge in [0.1, 0.15) is 5.65 Å².